The van der Waals surface area contributed by atoms with Gasteiger partial charge in [-0.15, -0.1) is 24.8 Å². The molecular formula is C15H29Cl2N3O2. The molecule has 2 heterocycles. The van der Waals surface area contributed by atoms with Crippen molar-refractivity contribution in [1.29, 1.82) is 0 Å². The molecule has 0 aromatic heterocycles. The second-order valence-corrected chi connectivity index (χ2v) is 6.53. The number of hydrogen-bond donors (Lipinski definition) is 1. The second kappa shape index (κ2) is 8.69. The SMILES string of the molecule is Cl.Cl.NCC1(C(=O)N2CCC(N3CCOCC3)C2)CCCC1. The molecule has 0 aromatic carbocycles. The first kappa shape index (κ1) is 20.0. The normalized spacial score (nSPS) is 28.0. The zero-order valence-corrected chi connectivity index (χ0v) is 14.8. The minimum Gasteiger partial charge on any atom is -0.379 e. The second-order valence-electron chi connectivity index (χ2n) is 6.53. The van der Waals surface area contributed by atoms with Crippen LogP contribution in [0.1, 0.15) is 32.1 Å². The summed E-state index contributed by atoms with van der Waals surface area (Å²) in [6.45, 7) is 5.99. The van der Waals surface area contributed by atoms with Crippen LogP contribution in [0.5, 0.6) is 0 Å². The van der Waals surface area contributed by atoms with Crippen LogP contribution in [0.15, 0.2) is 0 Å². The summed E-state index contributed by atoms with van der Waals surface area (Å²) >= 11 is 0. The molecule has 1 amide bonds. The van der Waals surface area contributed by atoms with Gasteiger partial charge in [-0.1, -0.05) is 12.8 Å². The predicted molar refractivity (Wildman–Crippen MR) is 91.8 cm³/mol. The number of carbonyl (C=O) groups excluding carboxylic acids is 1. The number of rotatable bonds is 3. The van der Waals surface area contributed by atoms with Crippen LogP contribution in [0.3, 0.4) is 0 Å². The summed E-state index contributed by atoms with van der Waals surface area (Å²) < 4.78 is 5.41. The lowest BCUT2D eigenvalue weighted by molar-refractivity contribution is -0.140. The van der Waals surface area contributed by atoms with Crippen molar-refractivity contribution in [2.24, 2.45) is 11.1 Å². The molecule has 0 radical (unpaired) electrons. The van der Waals surface area contributed by atoms with Crippen LogP contribution in [0.4, 0.5) is 0 Å². The number of halogens is 2. The summed E-state index contributed by atoms with van der Waals surface area (Å²) in [5.41, 5.74) is 5.70. The van der Waals surface area contributed by atoms with Gasteiger partial charge in [-0.2, -0.15) is 0 Å². The Morgan fingerprint density at radius 2 is 1.77 bits per heavy atom. The lowest BCUT2D eigenvalue weighted by Gasteiger charge is -2.34. The standard InChI is InChI=1S/C15H27N3O2.2ClH/c16-12-15(4-1-2-5-15)14(19)18-6-3-13(11-18)17-7-9-20-10-8-17;;/h13H,1-12,16H2;2*1H. The minimum absolute atomic E-state index is 0. The Morgan fingerprint density at radius 3 is 2.36 bits per heavy atom. The van der Waals surface area contributed by atoms with E-state index in [2.05, 4.69) is 9.80 Å². The Bertz CT molecular complexity index is 359. The molecule has 130 valence electrons. The monoisotopic (exact) mass is 353 g/mol. The number of hydrogen-bond acceptors (Lipinski definition) is 4. The van der Waals surface area contributed by atoms with Gasteiger partial charge in [0.25, 0.3) is 0 Å². The van der Waals surface area contributed by atoms with Crippen molar-refractivity contribution in [2.45, 2.75) is 38.1 Å². The van der Waals surface area contributed by atoms with E-state index in [-0.39, 0.29) is 30.2 Å². The predicted octanol–water partition coefficient (Wildman–Crippen LogP) is 1.28. The van der Waals surface area contributed by atoms with Gasteiger partial charge in [0.05, 0.1) is 18.6 Å². The third-order valence-electron chi connectivity index (χ3n) is 5.42. The van der Waals surface area contributed by atoms with Gasteiger partial charge in [0, 0.05) is 38.8 Å². The largest absolute Gasteiger partial charge is 0.379 e. The van der Waals surface area contributed by atoms with E-state index in [1.807, 2.05) is 0 Å². The highest BCUT2D eigenvalue weighted by Gasteiger charge is 2.44. The molecule has 0 bridgehead atoms. The molecule has 1 atom stereocenters. The van der Waals surface area contributed by atoms with Crippen LogP contribution in [0.25, 0.3) is 0 Å². The number of morpholine rings is 1. The number of ether oxygens (including phenoxy) is 1. The average Bonchev–Trinajstić information content (AvgIpc) is 3.17. The fourth-order valence-electron chi connectivity index (χ4n) is 4.06. The molecular weight excluding hydrogens is 325 g/mol. The zero-order chi connectivity index (χ0) is 14.0. The van der Waals surface area contributed by atoms with Gasteiger partial charge >= 0.3 is 0 Å². The number of nitrogens with two attached hydrogens (primary N) is 1. The van der Waals surface area contributed by atoms with E-state index >= 15 is 0 Å². The van der Waals surface area contributed by atoms with Gasteiger partial charge in [-0.3, -0.25) is 9.69 Å². The molecule has 22 heavy (non-hydrogen) atoms. The van der Waals surface area contributed by atoms with Gasteiger partial charge in [-0.05, 0) is 19.3 Å². The molecule has 1 aliphatic carbocycles. The Hall–Kier alpha value is -0.0700. The smallest absolute Gasteiger partial charge is 0.230 e. The molecule has 7 heteroatoms. The number of likely N-dealkylation sites (tertiary alicyclic amines) is 1. The molecule has 1 unspecified atom stereocenters. The fraction of sp³-hybridized carbons (Fsp3) is 0.933. The van der Waals surface area contributed by atoms with Crippen LogP contribution in [-0.4, -0.2) is 67.7 Å². The first-order valence-corrected chi connectivity index (χ1v) is 8.06. The van der Waals surface area contributed by atoms with Crippen molar-refractivity contribution >= 4 is 30.7 Å². The maximum absolute atomic E-state index is 12.8. The van der Waals surface area contributed by atoms with Gasteiger partial charge < -0.3 is 15.4 Å². The highest BCUT2D eigenvalue weighted by Crippen LogP contribution is 2.39. The van der Waals surface area contributed by atoms with Crippen LogP contribution < -0.4 is 5.73 Å². The van der Waals surface area contributed by atoms with E-state index in [0.717, 1.165) is 71.5 Å². The van der Waals surface area contributed by atoms with Crippen molar-refractivity contribution in [3.63, 3.8) is 0 Å². The van der Waals surface area contributed by atoms with E-state index in [1.165, 1.54) is 0 Å². The summed E-state index contributed by atoms with van der Waals surface area (Å²) in [6.07, 6.45) is 5.39. The Balaban J connectivity index is 0.00000121. The van der Waals surface area contributed by atoms with E-state index in [4.69, 9.17) is 10.5 Å². The zero-order valence-electron chi connectivity index (χ0n) is 13.2. The van der Waals surface area contributed by atoms with Crippen LogP contribution in [0, 0.1) is 5.41 Å². The molecule has 3 rings (SSSR count). The molecule has 0 aromatic rings. The summed E-state index contributed by atoms with van der Waals surface area (Å²) in [6, 6.07) is 0.527. The molecule has 2 aliphatic heterocycles. The fourth-order valence-corrected chi connectivity index (χ4v) is 4.06. The lowest BCUT2D eigenvalue weighted by atomic mass is 9.85. The van der Waals surface area contributed by atoms with Crippen molar-refractivity contribution in [1.82, 2.24) is 9.80 Å². The third kappa shape index (κ3) is 3.88. The van der Waals surface area contributed by atoms with Gasteiger partial charge in [0.2, 0.25) is 5.91 Å². The van der Waals surface area contributed by atoms with Crippen molar-refractivity contribution < 1.29 is 9.53 Å². The third-order valence-corrected chi connectivity index (χ3v) is 5.42. The minimum atomic E-state index is -0.236. The highest BCUT2D eigenvalue weighted by molar-refractivity contribution is 5.85. The topological polar surface area (TPSA) is 58.8 Å². The molecule has 3 aliphatic rings. The lowest BCUT2D eigenvalue weighted by Crippen LogP contribution is -2.48. The maximum Gasteiger partial charge on any atom is 0.230 e. The Labute approximate surface area is 145 Å². The van der Waals surface area contributed by atoms with E-state index in [1.54, 1.807) is 0 Å². The first-order valence-electron chi connectivity index (χ1n) is 8.06. The molecule has 5 nitrogen and oxygen atoms in total. The summed E-state index contributed by atoms with van der Waals surface area (Å²) in [4.78, 5) is 17.4. The first-order chi connectivity index (χ1) is 9.75. The molecule has 0 spiro atoms. The van der Waals surface area contributed by atoms with Crippen molar-refractivity contribution in [2.75, 3.05) is 45.9 Å². The van der Waals surface area contributed by atoms with E-state index < -0.39 is 0 Å². The summed E-state index contributed by atoms with van der Waals surface area (Å²) in [5.74, 6) is 0.327. The Morgan fingerprint density at radius 1 is 1.14 bits per heavy atom. The molecule has 1 saturated carbocycles. The van der Waals surface area contributed by atoms with E-state index in [0.29, 0.717) is 18.5 Å². The highest BCUT2D eigenvalue weighted by atomic mass is 35.5. The maximum atomic E-state index is 12.8. The average molecular weight is 354 g/mol. The van der Waals surface area contributed by atoms with Crippen molar-refractivity contribution in [3.05, 3.63) is 0 Å². The summed E-state index contributed by atoms with van der Waals surface area (Å²) in [7, 11) is 0. The number of nitrogens with zero attached hydrogens (tertiary/aromatic N) is 2. The van der Waals surface area contributed by atoms with Crippen LogP contribution >= 0.6 is 24.8 Å². The molecule has 2 saturated heterocycles. The van der Waals surface area contributed by atoms with Gasteiger partial charge in [0.15, 0.2) is 0 Å². The van der Waals surface area contributed by atoms with Crippen LogP contribution in [0.2, 0.25) is 0 Å². The summed E-state index contributed by atoms with van der Waals surface area (Å²) in [5, 5.41) is 0. The quantitative estimate of drug-likeness (QED) is 0.830. The van der Waals surface area contributed by atoms with Gasteiger partial charge in [0.1, 0.15) is 0 Å². The van der Waals surface area contributed by atoms with Crippen LogP contribution in [-0.2, 0) is 9.53 Å². The number of carbonyl (C=O) groups is 1. The molecule has 3 fully saturated rings. The number of amides is 1. The van der Waals surface area contributed by atoms with Gasteiger partial charge in [-0.25, -0.2) is 0 Å². The van der Waals surface area contributed by atoms with E-state index in [9.17, 15) is 4.79 Å². The van der Waals surface area contributed by atoms with Crippen molar-refractivity contribution in [3.8, 4) is 0 Å². The molecule has 2 N–H and O–H groups in total. The Kier molecular flexibility index (Phi) is 7.89.